The highest BCUT2D eigenvalue weighted by Gasteiger charge is 2.34. The standard InChI is InChI=1S/C17H15ClN4O2/c18-11-5-1-2-6-12(11)20-16(23)13-7-4-10-22(13)17-21-15-14(24-17)8-3-9-19-15/h1-3,5-6,8-9,13H,4,7,10H2,(H,20,23). The molecule has 1 aromatic carbocycles. The zero-order valence-electron chi connectivity index (χ0n) is 12.8. The quantitative estimate of drug-likeness (QED) is 0.789. The van der Waals surface area contributed by atoms with Gasteiger partial charge in [0.1, 0.15) is 6.04 Å². The third kappa shape index (κ3) is 2.69. The summed E-state index contributed by atoms with van der Waals surface area (Å²) in [5, 5.41) is 3.40. The number of hydrogen-bond donors (Lipinski definition) is 1. The Morgan fingerprint density at radius 1 is 1.29 bits per heavy atom. The van der Waals surface area contributed by atoms with Gasteiger partial charge in [-0.2, -0.15) is 4.98 Å². The maximum atomic E-state index is 12.7. The number of nitrogens with zero attached hydrogens (tertiary/aromatic N) is 3. The van der Waals surface area contributed by atoms with Crippen LogP contribution in [-0.2, 0) is 4.79 Å². The van der Waals surface area contributed by atoms with E-state index in [-0.39, 0.29) is 11.9 Å². The molecule has 1 saturated heterocycles. The summed E-state index contributed by atoms with van der Waals surface area (Å²) in [6.45, 7) is 0.716. The SMILES string of the molecule is O=C(Nc1ccccc1Cl)C1CCCN1c1nc2ncccc2o1. The van der Waals surface area contributed by atoms with Gasteiger partial charge in [-0.1, -0.05) is 23.7 Å². The van der Waals surface area contributed by atoms with Gasteiger partial charge in [0, 0.05) is 12.7 Å². The molecular weight excluding hydrogens is 328 g/mol. The van der Waals surface area contributed by atoms with Crippen molar-refractivity contribution in [1.82, 2.24) is 9.97 Å². The van der Waals surface area contributed by atoms with Gasteiger partial charge >= 0.3 is 6.01 Å². The number of nitrogens with one attached hydrogen (secondary N) is 1. The van der Waals surface area contributed by atoms with Crippen LogP contribution < -0.4 is 10.2 Å². The van der Waals surface area contributed by atoms with Crippen molar-refractivity contribution < 1.29 is 9.21 Å². The van der Waals surface area contributed by atoms with Gasteiger partial charge in [-0.15, -0.1) is 0 Å². The first-order valence-electron chi connectivity index (χ1n) is 7.76. The van der Waals surface area contributed by atoms with E-state index in [1.54, 1.807) is 24.4 Å². The minimum absolute atomic E-state index is 0.115. The molecule has 0 aliphatic carbocycles. The first kappa shape index (κ1) is 15.0. The summed E-state index contributed by atoms with van der Waals surface area (Å²) in [6.07, 6.45) is 3.30. The molecular formula is C17H15ClN4O2. The van der Waals surface area contributed by atoms with Gasteiger partial charge in [0.05, 0.1) is 10.7 Å². The smallest absolute Gasteiger partial charge is 0.300 e. The van der Waals surface area contributed by atoms with Gasteiger partial charge in [-0.05, 0) is 37.1 Å². The van der Waals surface area contributed by atoms with Crippen molar-refractivity contribution in [2.45, 2.75) is 18.9 Å². The van der Waals surface area contributed by atoms with E-state index in [2.05, 4.69) is 15.3 Å². The van der Waals surface area contributed by atoms with Gasteiger partial charge in [0.15, 0.2) is 5.58 Å². The molecule has 1 atom stereocenters. The molecule has 1 aliphatic rings. The Kier molecular flexibility index (Phi) is 3.82. The second kappa shape index (κ2) is 6.13. The normalized spacial score (nSPS) is 17.4. The topological polar surface area (TPSA) is 71.3 Å². The van der Waals surface area contributed by atoms with Crippen LogP contribution in [0, 0.1) is 0 Å². The van der Waals surface area contributed by atoms with Gasteiger partial charge in [0.25, 0.3) is 0 Å². The highest BCUT2D eigenvalue weighted by molar-refractivity contribution is 6.33. The van der Waals surface area contributed by atoms with Gasteiger partial charge in [0.2, 0.25) is 11.6 Å². The number of fused-ring (bicyclic) bond motifs is 1. The lowest BCUT2D eigenvalue weighted by molar-refractivity contribution is -0.117. The minimum atomic E-state index is -0.339. The molecule has 3 heterocycles. The van der Waals surface area contributed by atoms with Crippen LogP contribution >= 0.6 is 11.6 Å². The van der Waals surface area contributed by atoms with Crippen LogP contribution in [-0.4, -0.2) is 28.5 Å². The Balaban J connectivity index is 1.58. The molecule has 0 bridgehead atoms. The largest absolute Gasteiger partial charge is 0.422 e. The van der Waals surface area contributed by atoms with Crippen LogP contribution in [0.15, 0.2) is 47.0 Å². The lowest BCUT2D eigenvalue weighted by atomic mass is 10.2. The van der Waals surface area contributed by atoms with Crippen LogP contribution in [0.1, 0.15) is 12.8 Å². The van der Waals surface area contributed by atoms with Crippen molar-refractivity contribution in [3.63, 3.8) is 0 Å². The fourth-order valence-electron chi connectivity index (χ4n) is 2.93. The summed E-state index contributed by atoms with van der Waals surface area (Å²) in [7, 11) is 0. The molecule has 3 aromatic rings. The van der Waals surface area contributed by atoms with Crippen LogP contribution in [0.25, 0.3) is 11.2 Å². The van der Waals surface area contributed by atoms with Gasteiger partial charge < -0.3 is 14.6 Å². The Morgan fingerprint density at radius 3 is 3.00 bits per heavy atom. The third-order valence-electron chi connectivity index (χ3n) is 4.09. The molecule has 7 heteroatoms. The summed E-state index contributed by atoms with van der Waals surface area (Å²) >= 11 is 6.11. The predicted octanol–water partition coefficient (Wildman–Crippen LogP) is 3.48. The Bertz CT molecular complexity index is 862. The first-order valence-corrected chi connectivity index (χ1v) is 8.14. The molecule has 4 rings (SSSR count). The zero-order valence-corrected chi connectivity index (χ0v) is 13.5. The van der Waals surface area contributed by atoms with Crippen molar-refractivity contribution in [2.24, 2.45) is 0 Å². The number of benzene rings is 1. The maximum absolute atomic E-state index is 12.7. The van der Waals surface area contributed by atoms with E-state index in [4.69, 9.17) is 16.0 Å². The molecule has 0 saturated carbocycles. The molecule has 2 aromatic heterocycles. The van der Waals surface area contributed by atoms with Gasteiger partial charge in [-0.3, -0.25) is 4.79 Å². The number of pyridine rings is 1. The number of carbonyl (C=O) groups excluding carboxylic acids is 1. The summed E-state index contributed by atoms with van der Waals surface area (Å²) in [6, 6.07) is 10.9. The van der Waals surface area contributed by atoms with E-state index < -0.39 is 0 Å². The van der Waals surface area contributed by atoms with Crippen molar-refractivity contribution in [3.8, 4) is 0 Å². The van der Waals surface area contributed by atoms with Crippen molar-refractivity contribution in [1.29, 1.82) is 0 Å². The zero-order chi connectivity index (χ0) is 16.5. The molecule has 0 spiro atoms. The Morgan fingerprint density at radius 2 is 2.17 bits per heavy atom. The summed E-state index contributed by atoms with van der Waals surface area (Å²) < 4.78 is 5.75. The van der Waals surface area contributed by atoms with E-state index in [0.717, 1.165) is 12.8 Å². The van der Waals surface area contributed by atoms with E-state index in [1.165, 1.54) is 0 Å². The van der Waals surface area contributed by atoms with Gasteiger partial charge in [-0.25, -0.2) is 4.98 Å². The highest BCUT2D eigenvalue weighted by atomic mass is 35.5. The minimum Gasteiger partial charge on any atom is -0.422 e. The maximum Gasteiger partial charge on any atom is 0.300 e. The third-order valence-corrected chi connectivity index (χ3v) is 4.42. The summed E-state index contributed by atoms with van der Waals surface area (Å²) in [4.78, 5) is 23.1. The van der Waals surface area contributed by atoms with E-state index in [0.29, 0.717) is 34.5 Å². The second-order valence-corrected chi connectivity index (χ2v) is 6.05. The molecule has 24 heavy (non-hydrogen) atoms. The van der Waals surface area contributed by atoms with Crippen molar-refractivity contribution in [3.05, 3.63) is 47.6 Å². The molecule has 6 nitrogen and oxygen atoms in total. The molecule has 122 valence electrons. The average molecular weight is 343 g/mol. The number of aromatic nitrogens is 2. The first-order chi connectivity index (χ1) is 11.7. The van der Waals surface area contributed by atoms with Crippen LogP contribution in [0.3, 0.4) is 0 Å². The number of hydrogen-bond acceptors (Lipinski definition) is 5. The van der Waals surface area contributed by atoms with Crippen molar-refractivity contribution >= 4 is 40.4 Å². The predicted molar refractivity (Wildman–Crippen MR) is 92.3 cm³/mol. The van der Waals surface area contributed by atoms with Crippen LogP contribution in [0.2, 0.25) is 5.02 Å². The monoisotopic (exact) mass is 342 g/mol. The number of para-hydroxylation sites is 1. The lowest BCUT2D eigenvalue weighted by Gasteiger charge is -2.22. The Labute approximate surface area is 143 Å². The Hall–Kier alpha value is -2.60. The van der Waals surface area contributed by atoms with E-state index in [9.17, 15) is 4.79 Å². The molecule has 1 unspecified atom stereocenters. The van der Waals surface area contributed by atoms with E-state index in [1.807, 2.05) is 23.1 Å². The number of halogens is 1. The molecule has 1 aliphatic heterocycles. The van der Waals surface area contributed by atoms with Crippen molar-refractivity contribution in [2.75, 3.05) is 16.8 Å². The fourth-order valence-corrected chi connectivity index (χ4v) is 3.11. The lowest BCUT2D eigenvalue weighted by Crippen LogP contribution is -2.39. The fraction of sp³-hybridized carbons (Fsp3) is 0.235. The molecule has 0 radical (unpaired) electrons. The average Bonchev–Trinajstić information content (AvgIpc) is 3.23. The number of amides is 1. The number of anilines is 2. The number of carbonyl (C=O) groups is 1. The van der Waals surface area contributed by atoms with E-state index >= 15 is 0 Å². The molecule has 1 N–H and O–H groups in total. The van der Waals surface area contributed by atoms with Crippen LogP contribution in [0.4, 0.5) is 11.7 Å². The molecule has 1 fully saturated rings. The summed E-state index contributed by atoms with van der Waals surface area (Å²) in [5.41, 5.74) is 1.77. The molecule has 1 amide bonds. The van der Waals surface area contributed by atoms with Crippen LogP contribution in [0.5, 0.6) is 0 Å². The second-order valence-electron chi connectivity index (χ2n) is 5.64. The highest BCUT2D eigenvalue weighted by Crippen LogP contribution is 2.29. The summed E-state index contributed by atoms with van der Waals surface area (Å²) in [5.74, 6) is -0.115. The number of oxazole rings is 1. The number of rotatable bonds is 3.